The molecule has 4 atom stereocenters. The molecule has 0 unspecified atom stereocenters. The van der Waals surface area contributed by atoms with Gasteiger partial charge in [0, 0.05) is 33.6 Å². The van der Waals surface area contributed by atoms with E-state index in [1.165, 1.54) is 0 Å². The normalized spacial score (nSPS) is 26.4. The van der Waals surface area contributed by atoms with Crippen LogP contribution in [0.2, 0.25) is 5.02 Å². The van der Waals surface area contributed by atoms with E-state index in [0.717, 1.165) is 5.56 Å². The van der Waals surface area contributed by atoms with Crippen LogP contribution in [0.3, 0.4) is 0 Å². The zero-order valence-electron chi connectivity index (χ0n) is 20.8. The number of amides is 2. The number of hydrogen-bond acceptors (Lipinski definition) is 4. The Bertz CT molecular complexity index is 1660. The Balaban J connectivity index is 1.54. The van der Waals surface area contributed by atoms with E-state index in [1.807, 2.05) is 78.9 Å². The van der Waals surface area contributed by atoms with Crippen LogP contribution in [0.1, 0.15) is 27.0 Å². The molecule has 0 radical (unpaired) electrons. The lowest BCUT2D eigenvalue weighted by Crippen LogP contribution is -2.54. The smallest absolute Gasteiger partial charge is 0.250 e. The van der Waals surface area contributed by atoms with Crippen molar-refractivity contribution in [1.29, 1.82) is 0 Å². The maximum atomic E-state index is 14.7. The van der Waals surface area contributed by atoms with Crippen LogP contribution >= 0.6 is 11.6 Å². The van der Waals surface area contributed by atoms with Crippen molar-refractivity contribution in [3.05, 3.63) is 130 Å². The highest BCUT2D eigenvalue weighted by Crippen LogP contribution is 2.60. The van der Waals surface area contributed by atoms with E-state index in [1.54, 1.807) is 24.3 Å². The number of fused-ring (bicyclic) bond motifs is 4. The van der Waals surface area contributed by atoms with Crippen LogP contribution in [-0.4, -0.2) is 23.6 Å². The Hall–Kier alpha value is -4.26. The first-order chi connectivity index (χ1) is 19.0. The molecular formula is C32H24ClN3O3. The van der Waals surface area contributed by atoms with Crippen LogP contribution in [0.4, 0.5) is 11.4 Å². The highest BCUT2D eigenvalue weighted by atomic mass is 35.5. The SMILES string of the molecule is O=C(c1ccc(Cl)cc1)[C@H]1[C@]2(C(=O)Nc3ccccc32)[C@H](Cc2ccccc2)N[C@]12C(=O)Nc1ccccc12. The van der Waals surface area contributed by atoms with Crippen molar-refractivity contribution in [2.45, 2.75) is 23.4 Å². The fraction of sp³-hybridized carbons (Fsp3) is 0.156. The molecule has 0 aliphatic carbocycles. The van der Waals surface area contributed by atoms with Crippen LogP contribution in [0, 0.1) is 5.92 Å². The number of nitrogens with one attached hydrogen (secondary N) is 3. The van der Waals surface area contributed by atoms with Crippen LogP contribution < -0.4 is 16.0 Å². The molecule has 0 aromatic heterocycles. The predicted molar refractivity (Wildman–Crippen MR) is 150 cm³/mol. The molecule has 0 bridgehead atoms. The number of anilines is 2. The minimum absolute atomic E-state index is 0.293. The summed E-state index contributed by atoms with van der Waals surface area (Å²) in [6.45, 7) is 0. The van der Waals surface area contributed by atoms with E-state index in [2.05, 4.69) is 16.0 Å². The van der Waals surface area contributed by atoms with Gasteiger partial charge in [0.1, 0.15) is 11.0 Å². The van der Waals surface area contributed by atoms with Crippen molar-refractivity contribution in [2.24, 2.45) is 5.92 Å². The van der Waals surface area contributed by atoms with Crippen LogP contribution in [0.15, 0.2) is 103 Å². The molecule has 3 aliphatic heterocycles. The Morgan fingerprint density at radius 3 is 2.03 bits per heavy atom. The number of carbonyl (C=O) groups is 3. The summed E-state index contributed by atoms with van der Waals surface area (Å²) in [6.07, 6.45) is 0.435. The van der Waals surface area contributed by atoms with Gasteiger partial charge in [0.25, 0.3) is 0 Å². The topological polar surface area (TPSA) is 87.3 Å². The zero-order valence-corrected chi connectivity index (χ0v) is 21.5. The van der Waals surface area contributed by atoms with E-state index in [-0.39, 0.29) is 17.6 Å². The second-order valence-electron chi connectivity index (χ2n) is 10.4. The summed E-state index contributed by atoms with van der Waals surface area (Å²) >= 11 is 6.16. The summed E-state index contributed by atoms with van der Waals surface area (Å²) in [6, 6.07) is 30.8. The summed E-state index contributed by atoms with van der Waals surface area (Å²) in [5, 5.41) is 10.2. The maximum Gasteiger partial charge on any atom is 0.250 e. The first-order valence-electron chi connectivity index (χ1n) is 12.9. The molecule has 6 nitrogen and oxygen atoms in total. The molecule has 0 saturated carbocycles. The molecule has 3 aliphatic rings. The van der Waals surface area contributed by atoms with Crippen molar-refractivity contribution in [3.8, 4) is 0 Å². The van der Waals surface area contributed by atoms with Gasteiger partial charge in [-0.2, -0.15) is 0 Å². The van der Waals surface area contributed by atoms with Gasteiger partial charge in [-0.05, 0) is 53.9 Å². The number of halogens is 1. The highest BCUT2D eigenvalue weighted by Gasteiger charge is 2.74. The van der Waals surface area contributed by atoms with E-state index in [9.17, 15) is 14.4 Å². The van der Waals surface area contributed by atoms with Gasteiger partial charge in [-0.3, -0.25) is 19.7 Å². The molecule has 7 rings (SSSR count). The maximum absolute atomic E-state index is 14.7. The lowest BCUT2D eigenvalue weighted by atomic mass is 9.60. The quantitative estimate of drug-likeness (QED) is 0.319. The summed E-state index contributed by atoms with van der Waals surface area (Å²) < 4.78 is 0. The first kappa shape index (κ1) is 23.8. The summed E-state index contributed by atoms with van der Waals surface area (Å²) in [5.74, 6) is -2.01. The van der Waals surface area contributed by atoms with Crippen molar-refractivity contribution in [2.75, 3.05) is 10.6 Å². The van der Waals surface area contributed by atoms with E-state index >= 15 is 0 Å². The molecule has 1 fully saturated rings. The number of ketones is 1. The minimum atomic E-state index is -1.47. The third-order valence-electron chi connectivity index (χ3n) is 8.47. The third-order valence-corrected chi connectivity index (χ3v) is 8.72. The predicted octanol–water partition coefficient (Wildman–Crippen LogP) is 5.09. The molecule has 4 aromatic rings. The molecule has 7 heteroatoms. The Morgan fingerprint density at radius 2 is 1.31 bits per heavy atom. The van der Waals surface area contributed by atoms with Gasteiger partial charge < -0.3 is 10.6 Å². The Labute approximate surface area is 230 Å². The molecule has 4 aromatic carbocycles. The molecule has 192 valence electrons. The molecule has 3 heterocycles. The lowest BCUT2D eigenvalue weighted by Gasteiger charge is -2.36. The van der Waals surface area contributed by atoms with Crippen molar-refractivity contribution >= 4 is 40.6 Å². The number of carbonyl (C=O) groups excluding carboxylic acids is 3. The number of benzene rings is 4. The minimum Gasteiger partial charge on any atom is -0.325 e. The monoisotopic (exact) mass is 533 g/mol. The van der Waals surface area contributed by atoms with Crippen molar-refractivity contribution in [1.82, 2.24) is 5.32 Å². The highest BCUT2D eigenvalue weighted by molar-refractivity contribution is 6.30. The fourth-order valence-electron chi connectivity index (χ4n) is 6.90. The average Bonchev–Trinajstić information content (AvgIpc) is 3.53. The van der Waals surface area contributed by atoms with Gasteiger partial charge in [-0.1, -0.05) is 78.3 Å². The van der Waals surface area contributed by atoms with Gasteiger partial charge in [0.05, 0.1) is 5.92 Å². The first-order valence-corrected chi connectivity index (χ1v) is 13.3. The summed E-state index contributed by atoms with van der Waals surface area (Å²) in [5.41, 5.74) is 1.21. The molecule has 3 N–H and O–H groups in total. The number of Topliss-reactive ketones (excluding diaryl/α,β-unsaturated/α-hetero) is 1. The average molecular weight is 534 g/mol. The van der Waals surface area contributed by atoms with E-state index < -0.39 is 22.9 Å². The number of rotatable bonds is 4. The van der Waals surface area contributed by atoms with Crippen LogP contribution in [0.5, 0.6) is 0 Å². The van der Waals surface area contributed by atoms with Gasteiger partial charge in [-0.15, -0.1) is 0 Å². The second-order valence-corrected chi connectivity index (χ2v) is 10.8. The number of hydrogen-bond donors (Lipinski definition) is 3. The number of para-hydroxylation sites is 2. The summed E-state index contributed by atoms with van der Waals surface area (Å²) in [7, 11) is 0. The fourth-order valence-corrected chi connectivity index (χ4v) is 7.03. The standard InChI is InChI=1S/C32H24ClN3O3/c33-21-16-14-20(15-17-21)27(37)28-31(22-10-4-6-12-24(22)34-29(31)38)26(18-19-8-2-1-3-9-19)36-32(28)23-11-5-7-13-25(23)35-30(32)39/h1-17,26,28,36H,18H2,(H,34,38)(H,35,39)/t26-,28-,31+,32-/m0/s1. The second kappa shape index (κ2) is 8.63. The molecule has 39 heavy (non-hydrogen) atoms. The lowest BCUT2D eigenvalue weighted by molar-refractivity contribution is -0.124. The van der Waals surface area contributed by atoms with Crippen LogP contribution in [0.25, 0.3) is 0 Å². The van der Waals surface area contributed by atoms with Crippen molar-refractivity contribution in [3.63, 3.8) is 0 Å². The summed E-state index contributed by atoms with van der Waals surface area (Å²) in [4.78, 5) is 43.2. The Morgan fingerprint density at radius 1 is 0.718 bits per heavy atom. The van der Waals surface area contributed by atoms with Crippen LogP contribution in [-0.2, 0) is 27.0 Å². The third kappa shape index (κ3) is 3.22. The van der Waals surface area contributed by atoms with Gasteiger partial charge in [0.15, 0.2) is 5.78 Å². The van der Waals surface area contributed by atoms with Crippen molar-refractivity contribution < 1.29 is 14.4 Å². The molecule has 2 amide bonds. The van der Waals surface area contributed by atoms with Gasteiger partial charge in [0.2, 0.25) is 11.8 Å². The zero-order chi connectivity index (χ0) is 26.8. The van der Waals surface area contributed by atoms with Gasteiger partial charge >= 0.3 is 0 Å². The Kier molecular flexibility index (Phi) is 5.27. The van der Waals surface area contributed by atoms with Gasteiger partial charge in [-0.25, -0.2) is 0 Å². The molecule has 2 spiro atoms. The molecular weight excluding hydrogens is 510 g/mol. The largest absolute Gasteiger partial charge is 0.325 e. The van der Waals surface area contributed by atoms with E-state index in [4.69, 9.17) is 11.6 Å². The van der Waals surface area contributed by atoms with E-state index in [0.29, 0.717) is 39.5 Å². The molecule has 1 saturated heterocycles.